The average Bonchev–Trinajstić information content (AvgIpc) is 2.76. The number of carbonyl (C=O) groups is 2. The molecular weight excluding hydrogens is 402 g/mol. The zero-order valence-electron chi connectivity index (χ0n) is 17.3. The van der Waals surface area contributed by atoms with Gasteiger partial charge in [0.2, 0.25) is 5.91 Å². The summed E-state index contributed by atoms with van der Waals surface area (Å²) in [5.74, 6) is 0.538. The van der Waals surface area contributed by atoms with Gasteiger partial charge in [-0.1, -0.05) is 23.7 Å². The second-order valence-corrected chi connectivity index (χ2v) is 7.05. The lowest BCUT2D eigenvalue weighted by Gasteiger charge is -2.12. The Bertz CT molecular complexity index is 868. The van der Waals surface area contributed by atoms with E-state index in [2.05, 4.69) is 26.3 Å². The number of hydrogen-bond donors (Lipinski definition) is 4. The second-order valence-electron chi connectivity index (χ2n) is 6.61. The van der Waals surface area contributed by atoms with E-state index in [1.165, 1.54) is 0 Å². The van der Waals surface area contributed by atoms with E-state index >= 15 is 0 Å². The highest BCUT2D eigenvalue weighted by molar-refractivity contribution is 6.30. The molecule has 0 aliphatic rings. The number of guanidine groups is 1. The molecule has 2 aromatic rings. The van der Waals surface area contributed by atoms with Crippen LogP contribution in [0.15, 0.2) is 53.5 Å². The van der Waals surface area contributed by atoms with Crippen molar-refractivity contribution in [3.05, 3.63) is 64.7 Å². The third-order valence-corrected chi connectivity index (χ3v) is 4.60. The minimum atomic E-state index is -0.0950. The fourth-order valence-electron chi connectivity index (χ4n) is 2.77. The molecular formula is C22H28ClN5O2. The van der Waals surface area contributed by atoms with Crippen molar-refractivity contribution in [2.24, 2.45) is 4.99 Å². The SMILES string of the molecule is CN=C(NCCCC(=O)Nc1ccc(Cl)cc1)NCCc1cccc(C(=O)NC)c1. The van der Waals surface area contributed by atoms with Crippen LogP contribution < -0.4 is 21.3 Å². The van der Waals surface area contributed by atoms with Crippen molar-refractivity contribution < 1.29 is 9.59 Å². The van der Waals surface area contributed by atoms with Gasteiger partial charge in [-0.05, 0) is 54.8 Å². The van der Waals surface area contributed by atoms with Crippen molar-refractivity contribution in [1.29, 1.82) is 0 Å². The van der Waals surface area contributed by atoms with E-state index in [1.807, 2.05) is 18.2 Å². The molecule has 0 atom stereocenters. The van der Waals surface area contributed by atoms with Gasteiger partial charge in [-0.3, -0.25) is 14.6 Å². The zero-order valence-corrected chi connectivity index (χ0v) is 18.1. The predicted molar refractivity (Wildman–Crippen MR) is 122 cm³/mol. The van der Waals surface area contributed by atoms with Crippen LogP contribution in [0.3, 0.4) is 0 Å². The number of rotatable bonds is 9. The standard InChI is InChI=1S/C22H28ClN5O2/c1-24-21(30)17-6-3-5-16(15-17)12-14-27-22(25-2)26-13-4-7-20(29)28-19-10-8-18(23)9-11-19/h3,5-6,8-11,15H,4,7,12-14H2,1-2H3,(H,24,30)(H,28,29)(H2,25,26,27). The van der Waals surface area contributed by atoms with Crippen molar-refractivity contribution in [3.8, 4) is 0 Å². The highest BCUT2D eigenvalue weighted by Gasteiger charge is 2.05. The van der Waals surface area contributed by atoms with E-state index in [0.717, 1.165) is 17.7 Å². The number of halogens is 1. The zero-order chi connectivity index (χ0) is 21.8. The van der Waals surface area contributed by atoms with Crippen LogP contribution in [-0.2, 0) is 11.2 Å². The highest BCUT2D eigenvalue weighted by atomic mass is 35.5. The van der Waals surface area contributed by atoms with Crippen LogP contribution in [0.1, 0.15) is 28.8 Å². The maximum atomic E-state index is 12.0. The highest BCUT2D eigenvalue weighted by Crippen LogP contribution is 2.13. The molecule has 4 N–H and O–H groups in total. The first-order valence-electron chi connectivity index (χ1n) is 9.82. The van der Waals surface area contributed by atoms with E-state index in [9.17, 15) is 9.59 Å². The Morgan fingerprint density at radius 2 is 1.77 bits per heavy atom. The summed E-state index contributed by atoms with van der Waals surface area (Å²) in [6.45, 7) is 1.30. The van der Waals surface area contributed by atoms with E-state index in [4.69, 9.17) is 11.6 Å². The van der Waals surface area contributed by atoms with Gasteiger partial charge in [-0.2, -0.15) is 0 Å². The molecule has 0 aliphatic carbocycles. The normalized spacial score (nSPS) is 11.0. The van der Waals surface area contributed by atoms with Crippen molar-refractivity contribution in [1.82, 2.24) is 16.0 Å². The largest absolute Gasteiger partial charge is 0.356 e. The molecule has 0 radical (unpaired) electrons. The van der Waals surface area contributed by atoms with Crippen molar-refractivity contribution in [2.45, 2.75) is 19.3 Å². The molecule has 160 valence electrons. The summed E-state index contributed by atoms with van der Waals surface area (Å²) in [6.07, 6.45) is 1.84. The molecule has 7 nitrogen and oxygen atoms in total. The Hall–Kier alpha value is -3.06. The predicted octanol–water partition coefficient (Wildman–Crippen LogP) is 2.83. The summed E-state index contributed by atoms with van der Waals surface area (Å²) in [7, 11) is 3.32. The third-order valence-electron chi connectivity index (χ3n) is 4.35. The van der Waals surface area contributed by atoms with Crippen LogP contribution in [0.4, 0.5) is 5.69 Å². The molecule has 2 rings (SSSR count). The van der Waals surface area contributed by atoms with Gasteiger partial charge in [0.15, 0.2) is 5.96 Å². The number of anilines is 1. The Kier molecular flexibility index (Phi) is 9.67. The van der Waals surface area contributed by atoms with Crippen molar-refractivity contribution in [2.75, 3.05) is 32.5 Å². The quantitative estimate of drug-likeness (QED) is 0.280. The van der Waals surface area contributed by atoms with Gasteiger partial charge >= 0.3 is 0 Å². The molecule has 0 unspecified atom stereocenters. The number of nitrogens with zero attached hydrogens (tertiary/aromatic N) is 1. The Morgan fingerprint density at radius 3 is 2.47 bits per heavy atom. The molecule has 0 heterocycles. The monoisotopic (exact) mass is 429 g/mol. The molecule has 0 aliphatic heterocycles. The number of carbonyl (C=O) groups excluding carboxylic acids is 2. The number of aliphatic imine (C=N–C) groups is 1. The molecule has 0 saturated carbocycles. The molecule has 0 spiro atoms. The summed E-state index contributed by atoms with van der Waals surface area (Å²) in [5.41, 5.74) is 2.45. The van der Waals surface area contributed by atoms with Crippen LogP contribution in [0.5, 0.6) is 0 Å². The number of nitrogens with one attached hydrogen (secondary N) is 4. The molecule has 0 aromatic heterocycles. The number of hydrogen-bond acceptors (Lipinski definition) is 3. The average molecular weight is 430 g/mol. The van der Waals surface area contributed by atoms with Gasteiger partial charge in [-0.25, -0.2) is 0 Å². The smallest absolute Gasteiger partial charge is 0.251 e. The molecule has 30 heavy (non-hydrogen) atoms. The van der Waals surface area contributed by atoms with Crippen molar-refractivity contribution >= 4 is 35.1 Å². The minimum absolute atomic E-state index is 0.0435. The maximum Gasteiger partial charge on any atom is 0.251 e. The van der Waals surface area contributed by atoms with E-state index in [0.29, 0.717) is 42.5 Å². The van der Waals surface area contributed by atoms with Gasteiger partial charge in [0, 0.05) is 49.9 Å². The molecule has 0 saturated heterocycles. The first-order valence-corrected chi connectivity index (χ1v) is 10.2. The van der Waals surface area contributed by atoms with Crippen LogP contribution in [0, 0.1) is 0 Å². The lowest BCUT2D eigenvalue weighted by atomic mass is 10.1. The van der Waals surface area contributed by atoms with Crippen molar-refractivity contribution in [3.63, 3.8) is 0 Å². The van der Waals surface area contributed by atoms with Gasteiger partial charge in [0.05, 0.1) is 0 Å². The van der Waals surface area contributed by atoms with Gasteiger partial charge < -0.3 is 21.3 Å². The van der Waals surface area contributed by atoms with Gasteiger partial charge in [0.25, 0.3) is 5.91 Å². The molecule has 0 bridgehead atoms. The molecule has 2 amide bonds. The number of benzene rings is 2. The summed E-state index contributed by atoms with van der Waals surface area (Å²) in [6, 6.07) is 14.6. The van der Waals surface area contributed by atoms with Crippen LogP contribution >= 0.6 is 11.6 Å². The molecule has 8 heteroatoms. The third kappa shape index (κ3) is 8.13. The summed E-state index contributed by atoms with van der Waals surface area (Å²) in [5, 5.41) is 12.5. The Morgan fingerprint density at radius 1 is 1.03 bits per heavy atom. The summed E-state index contributed by atoms with van der Waals surface area (Å²) < 4.78 is 0. The molecule has 2 aromatic carbocycles. The fraction of sp³-hybridized carbons (Fsp3) is 0.318. The van der Waals surface area contributed by atoms with E-state index < -0.39 is 0 Å². The van der Waals surface area contributed by atoms with Gasteiger partial charge in [-0.15, -0.1) is 0 Å². The topological polar surface area (TPSA) is 94.6 Å². The fourth-order valence-corrected chi connectivity index (χ4v) is 2.90. The van der Waals surface area contributed by atoms with E-state index in [1.54, 1.807) is 44.4 Å². The summed E-state index contributed by atoms with van der Waals surface area (Å²) >= 11 is 5.84. The first kappa shape index (κ1) is 23.2. The van der Waals surface area contributed by atoms with Crippen LogP contribution in [-0.4, -0.2) is 45.0 Å². The lowest BCUT2D eigenvalue weighted by molar-refractivity contribution is -0.116. The van der Waals surface area contributed by atoms with E-state index in [-0.39, 0.29) is 11.8 Å². The number of amides is 2. The first-order chi connectivity index (χ1) is 14.5. The minimum Gasteiger partial charge on any atom is -0.356 e. The maximum absolute atomic E-state index is 12.0. The lowest BCUT2D eigenvalue weighted by Crippen LogP contribution is -2.38. The summed E-state index contributed by atoms with van der Waals surface area (Å²) in [4.78, 5) is 27.9. The molecule has 0 fully saturated rings. The van der Waals surface area contributed by atoms with Crippen LogP contribution in [0.2, 0.25) is 5.02 Å². The Balaban J connectivity index is 1.65. The van der Waals surface area contributed by atoms with Crippen LogP contribution in [0.25, 0.3) is 0 Å². The Labute approximate surface area is 182 Å². The van der Waals surface area contributed by atoms with Gasteiger partial charge in [0.1, 0.15) is 0 Å². The second kappa shape index (κ2) is 12.5.